The monoisotopic (exact) mass is 371 g/mol. The summed E-state index contributed by atoms with van der Waals surface area (Å²) in [6.07, 6.45) is -0.133. The van der Waals surface area contributed by atoms with Gasteiger partial charge in [-0.3, -0.25) is 4.79 Å². The molecule has 6 nitrogen and oxygen atoms in total. The lowest BCUT2D eigenvalue weighted by Gasteiger charge is -2.17. The van der Waals surface area contributed by atoms with Crippen molar-refractivity contribution in [1.82, 2.24) is 0 Å². The molecule has 0 aliphatic heterocycles. The van der Waals surface area contributed by atoms with Gasteiger partial charge in [-0.25, -0.2) is 4.79 Å². The normalized spacial score (nSPS) is 12.6. The van der Waals surface area contributed by atoms with Gasteiger partial charge in [0.25, 0.3) is 5.91 Å². The number of amides is 1. The van der Waals surface area contributed by atoms with Crippen molar-refractivity contribution in [3.8, 4) is 11.5 Å². The number of carbonyl (C=O) groups is 2. The summed E-state index contributed by atoms with van der Waals surface area (Å²) >= 11 is 0. The Bertz CT molecular complexity index is 772. The fraction of sp³-hybridized carbons (Fsp3) is 0.333. The largest absolute Gasteiger partial charge is 0.495 e. The number of nitrogens with one attached hydrogen (secondary N) is 1. The van der Waals surface area contributed by atoms with Gasteiger partial charge < -0.3 is 19.5 Å². The molecule has 0 heterocycles. The highest BCUT2D eigenvalue weighted by Crippen LogP contribution is 2.24. The van der Waals surface area contributed by atoms with E-state index in [2.05, 4.69) is 5.32 Å². The first-order chi connectivity index (χ1) is 12.9. The molecule has 0 bridgehead atoms. The number of esters is 1. The first-order valence-corrected chi connectivity index (χ1v) is 8.86. The Balaban J connectivity index is 1.98. The van der Waals surface area contributed by atoms with Crippen molar-refractivity contribution in [3.63, 3.8) is 0 Å². The van der Waals surface area contributed by atoms with Crippen molar-refractivity contribution in [3.05, 3.63) is 54.1 Å². The number of carbonyl (C=O) groups excluding carboxylic acids is 2. The molecule has 1 N–H and O–H groups in total. The smallest absolute Gasteiger partial charge is 0.347 e. The Morgan fingerprint density at radius 3 is 2.33 bits per heavy atom. The number of rotatable bonds is 8. The number of ether oxygens (including phenoxy) is 3. The van der Waals surface area contributed by atoms with Crippen molar-refractivity contribution in [2.45, 2.75) is 39.4 Å². The van der Waals surface area contributed by atoms with Crippen LogP contribution < -0.4 is 14.8 Å². The third-order valence-corrected chi connectivity index (χ3v) is 4.01. The van der Waals surface area contributed by atoms with Crippen molar-refractivity contribution in [2.75, 3.05) is 12.4 Å². The summed E-state index contributed by atoms with van der Waals surface area (Å²) in [5, 5.41) is 2.81. The van der Waals surface area contributed by atoms with Crippen molar-refractivity contribution in [1.29, 1.82) is 0 Å². The number of hydrogen-bond donors (Lipinski definition) is 1. The molecule has 0 unspecified atom stereocenters. The molecule has 0 aromatic heterocycles. The van der Waals surface area contributed by atoms with E-state index in [0.717, 1.165) is 6.42 Å². The Morgan fingerprint density at radius 2 is 1.70 bits per heavy atom. The van der Waals surface area contributed by atoms with Gasteiger partial charge in [-0.1, -0.05) is 19.1 Å². The summed E-state index contributed by atoms with van der Waals surface area (Å²) in [6, 6.07) is 13.7. The standard InChI is InChI=1S/C21H25NO5/c1-5-14(2)26-21(24)15(3)27-17-12-10-16(11-13-17)20(23)22-18-8-6-7-9-19(18)25-4/h6-15H,5H2,1-4H3,(H,22,23)/t14-,15-/m0/s1. The minimum atomic E-state index is -0.729. The molecule has 0 saturated carbocycles. The maximum atomic E-state index is 12.4. The van der Waals surface area contributed by atoms with Crippen LogP contribution in [0.5, 0.6) is 11.5 Å². The highest BCUT2D eigenvalue weighted by atomic mass is 16.6. The average Bonchev–Trinajstić information content (AvgIpc) is 2.68. The minimum absolute atomic E-state index is 0.149. The number of benzene rings is 2. The predicted octanol–water partition coefficient (Wildman–Crippen LogP) is 4.06. The molecule has 0 spiro atoms. The molecule has 0 fully saturated rings. The molecule has 0 saturated heterocycles. The molecule has 0 aliphatic rings. The first kappa shape index (κ1) is 20.3. The van der Waals surface area contributed by atoms with E-state index in [1.807, 2.05) is 26.0 Å². The van der Waals surface area contributed by atoms with Gasteiger partial charge in [0.2, 0.25) is 0 Å². The Labute approximate surface area is 159 Å². The summed E-state index contributed by atoms with van der Waals surface area (Å²) in [5.74, 6) is 0.384. The van der Waals surface area contributed by atoms with Crippen LogP contribution in [0.3, 0.4) is 0 Å². The molecule has 27 heavy (non-hydrogen) atoms. The zero-order chi connectivity index (χ0) is 19.8. The lowest BCUT2D eigenvalue weighted by atomic mass is 10.2. The summed E-state index contributed by atoms with van der Waals surface area (Å²) in [5.41, 5.74) is 1.05. The molecule has 0 radical (unpaired) electrons. The number of anilines is 1. The second-order valence-corrected chi connectivity index (χ2v) is 6.09. The summed E-state index contributed by atoms with van der Waals surface area (Å²) < 4.78 is 16.1. The maximum Gasteiger partial charge on any atom is 0.347 e. The van der Waals surface area contributed by atoms with Crippen molar-refractivity contribution >= 4 is 17.6 Å². The zero-order valence-corrected chi connectivity index (χ0v) is 16.0. The van der Waals surface area contributed by atoms with Crippen LogP contribution in [0.1, 0.15) is 37.6 Å². The maximum absolute atomic E-state index is 12.4. The van der Waals surface area contributed by atoms with E-state index in [1.165, 1.54) is 0 Å². The molecule has 144 valence electrons. The molecule has 2 aromatic rings. The van der Waals surface area contributed by atoms with Gasteiger partial charge in [0.05, 0.1) is 18.9 Å². The number of hydrogen-bond acceptors (Lipinski definition) is 5. The van der Waals surface area contributed by atoms with Gasteiger partial charge in [-0.15, -0.1) is 0 Å². The fourth-order valence-electron chi connectivity index (χ4n) is 2.26. The SMILES string of the molecule is CC[C@H](C)OC(=O)[C@H](C)Oc1ccc(C(=O)Nc2ccccc2OC)cc1. The van der Waals surface area contributed by atoms with Crippen LogP contribution in [-0.2, 0) is 9.53 Å². The summed E-state index contributed by atoms with van der Waals surface area (Å²) in [6.45, 7) is 5.41. The second-order valence-electron chi connectivity index (χ2n) is 6.09. The molecular formula is C21H25NO5. The molecule has 6 heteroatoms. The van der Waals surface area contributed by atoms with E-state index in [9.17, 15) is 9.59 Å². The third-order valence-electron chi connectivity index (χ3n) is 4.01. The van der Waals surface area contributed by atoms with Crippen molar-refractivity contribution in [2.24, 2.45) is 0 Å². The quantitative estimate of drug-likeness (QED) is 0.709. The van der Waals surface area contributed by atoms with Gasteiger partial charge >= 0.3 is 5.97 Å². The Morgan fingerprint density at radius 1 is 1.04 bits per heavy atom. The van der Waals surface area contributed by atoms with Crippen LogP contribution in [0, 0.1) is 0 Å². The van der Waals surface area contributed by atoms with E-state index in [4.69, 9.17) is 14.2 Å². The van der Waals surface area contributed by atoms with E-state index in [-0.39, 0.29) is 12.0 Å². The minimum Gasteiger partial charge on any atom is -0.495 e. The average molecular weight is 371 g/mol. The fourth-order valence-corrected chi connectivity index (χ4v) is 2.26. The van der Waals surface area contributed by atoms with E-state index in [0.29, 0.717) is 22.7 Å². The Kier molecular flexibility index (Phi) is 7.23. The highest BCUT2D eigenvalue weighted by Gasteiger charge is 2.18. The first-order valence-electron chi connectivity index (χ1n) is 8.86. The number of para-hydroxylation sites is 2. The predicted molar refractivity (Wildman–Crippen MR) is 103 cm³/mol. The number of methoxy groups -OCH3 is 1. The van der Waals surface area contributed by atoms with Crippen LogP contribution in [0.25, 0.3) is 0 Å². The van der Waals surface area contributed by atoms with Crippen LogP contribution in [0.2, 0.25) is 0 Å². The van der Waals surface area contributed by atoms with E-state index in [1.54, 1.807) is 50.4 Å². The summed E-state index contributed by atoms with van der Waals surface area (Å²) in [4.78, 5) is 24.3. The molecule has 2 rings (SSSR count). The van der Waals surface area contributed by atoms with Gasteiger partial charge in [-0.2, -0.15) is 0 Å². The van der Waals surface area contributed by atoms with Gasteiger partial charge in [0, 0.05) is 5.56 Å². The topological polar surface area (TPSA) is 73.9 Å². The molecule has 2 atom stereocenters. The van der Waals surface area contributed by atoms with Crippen LogP contribution in [0.4, 0.5) is 5.69 Å². The molecule has 0 aliphatic carbocycles. The summed E-state index contributed by atoms with van der Waals surface area (Å²) in [7, 11) is 1.55. The van der Waals surface area contributed by atoms with E-state index >= 15 is 0 Å². The van der Waals surface area contributed by atoms with Crippen molar-refractivity contribution < 1.29 is 23.8 Å². The molecule has 2 aromatic carbocycles. The zero-order valence-electron chi connectivity index (χ0n) is 16.0. The lowest BCUT2D eigenvalue weighted by Crippen LogP contribution is -2.29. The lowest BCUT2D eigenvalue weighted by molar-refractivity contribution is -0.155. The third kappa shape index (κ3) is 5.74. The highest BCUT2D eigenvalue weighted by molar-refractivity contribution is 6.05. The van der Waals surface area contributed by atoms with Gasteiger partial charge in [-0.05, 0) is 56.7 Å². The second kappa shape index (κ2) is 9.62. The van der Waals surface area contributed by atoms with Gasteiger partial charge in [0.1, 0.15) is 11.5 Å². The Hall–Kier alpha value is -3.02. The van der Waals surface area contributed by atoms with Crippen LogP contribution in [0.15, 0.2) is 48.5 Å². The molecule has 1 amide bonds. The van der Waals surface area contributed by atoms with E-state index < -0.39 is 12.1 Å². The van der Waals surface area contributed by atoms with Gasteiger partial charge in [0.15, 0.2) is 6.10 Å². The molecular weight excluding hydrogens is 346 g/mol. The van der Waals surface area contributed by atoms with Crippen LogP contribution >= 0.6 is 0 Å². The van der Waals surface area contributed by atoms with Crippen LogP contribution in [-0.4, -0.2) is 31.2 Å².